The number of aryl methyl sites for hydroxylation is 1. The lowest BCUT2D eigenvalue weighted by Gasteiger charge is -2.07. The molecule has 2 rings (SSSR count). The number of carbonyl (C=O) groups excluding carboxylic acids is 1. The third-order valence-electron chi connectivity index (χ3n) is 2.75. The van der Waals surface area contributed by atoms with Crippen LogP contribution in [-0.2, 0) is 6.54 Å². The molecule has 0 aliphatic rings. The molecule has 1 heterocycles. The summed E-state index contributed by atoms with van der Waals surface area (Å²) < 4.78 is 2.10. The van der Waals surface area contributed by atoms with Gasteiger partial charge in [-0.2, -0.15) is 0 Å². The van der Waals surface area contributed by atoms with E-state index in [4.69, 9.17) is 5.11 Å². The van der Waals surface area contributed by atoms with E-state index in [0.29, 0.717) is 18.7 Å². The largest absolute Gasteiger partial charge is 0.476 e. The van der Waals surface area contributed by atoms with E-state index in [9.17, 15) is 9.59 Å². The lowest BCUT2D eigenvalue weighted by molar-refractivity contribution is 0.0690. The first-order chi connectivity index (χ1) is 9.97. The van der Waals surface area contributed by atoms with Gasteiger partial charge in [0, 0.05) is 11.0 Å². The normalized spacial score (nSPS) is 10.4. The summed E-state index contributed by atoms with van der Waals surface area (Å²) in [7, 11) is 0. The lowest BCUT2D eigenvalue weighted by atomic mass is 10.1. The monoisotopic (exact) mass is 352 g/mol. The first-order valence-corrected chi connectivity index (χ1v) is 6.94. The number of carboxylic acids is 1. The topological polar surface area (TPSA) is 97.1 Å². The van der Waals surface area contributed by atoms with Crippen molar-refractivity contribution in [1.29, 1.82) is 0 Å². The highest BCUT2D eigenvalue weighted by molar-refractivity contribution is 9.10. The Bertz CT molecular complexity index is 684. The van der Waals surface area contributed by atoms with Gasteiger partial charge in [0.25, 0.3) is 5.91 Å². The third kappa shape index (κ3) is 3.88. The molecule has 7 nitrogen and oxygen atoms in total. The highest BCUT2D eigenvalue weighted by Gasteiger charge is 2.10. The number of hydrogen-bond donors (Lipinski definition) is 2. The third-order valence-corrected chi connectivity index (χ3v) is 3.41. The molecule has 0 saturated heterocycles. The van der Waals surface area contributed by atoms with E-state index in [1.54, 1.807) is 6.07 Å². The predicted molar refractivity (Wildman–Crippen MR) is 78.2 cm³/mol. The van der Waals surface area contributed by atoms with Crippen LogP contribution < -0.4 is 5.32 Å². The molecule has 0 saturated carbocycles. The SMILES string of the molecule is Cc1ccc(C(=O)NCCn2cc(C(=O)O)nn2)c(Br)c1. The molecule has 2 aromatic rings. The van der Waals surface area contributed by atoms with Gasteiger partial charge in [-0.25, -0.2) is 9.48 Å². The number of amides is 1. The van der Waals surface area contributed by atoms with Crippen LogP contribution in [-0.4, -0.2) is 38.5 Å². The maximum Gasteiger partial charge on any atom is 0.358 e. The summed E-state index contributed by atoms with van der Waals surface area (Å²) in [6, 6.07) is 5.47. The van der Waals surface area contributed by atoms with E-state index in [1.807, 2.05) is 19.1 Å². The fraction of sp³-hybridized carbons (Fsp3) is 0.231. The Morgan fingerprint density at radius 3 is 2.81 bits per heavy atom. The van der Waals surface area contributed by atoms with Crippen LogP contribution >= 0.6 is 15.9 Å². The van der Waals surface area contributed by atoms with Crippen LogP contribution in [0.5, 0.6) is 0 Å². The molecule has 1 aromatic carbocycles. The van der Waals surface area contributed by atoms with Crippen molar-refractivity contribution < 1.29 is 14.7 Å². The second-order valence-electron chi connectivity index (χ2n) is 4.41. The van der Waals surface area contributed by atoms with E-state index in [2.05, 4.69) is 31.6 Å². The molecule has 0 atom stereocenters. The summed E-state index contributed by atoms with van der Waals surface area (Å²) in [6.45, 7) is 2.61. The summed E-state index contributed by atoms with van der Waals surface area (Å²) in [5.41, 5.74) is 1.48. The van der Waals surface area contributed by atoms with Gasteiger partial charge >= 0.3 is 5.97 Å². The summed E-state index contributed by atoms with van der Waals surface area (Å²) in [5, 5.41) is 18.6. The summed E-state index contributed by atoms with van der Waals surface area (Å²) in [4.78, 5) is 22.7. The van der Waals surface area contributed by atoms with E-state index in [0.717, 1.165) is 10.0 Å². The molecule has 8 heteroatoms. The lowest BCUT2D eigenvalue weighted by Crippen LogP contribution is -2.27. The average Bonchev–Trinajstić information content (AvgIpc) is 2.87. The summed E-state index contributed by atoms with van der Waals surface area (Å²) >= 11 is 3.35. The molecular formula is C13H13BrN4O3. The molecular weight excluding hydrogens is 340 g/mol. The number of aromatic nitrogens is 3. The van der Waals surface area contributed by atoms with Gasteiger partial charge < -0.3 is 10.4 Å². The molecule has 0 unspecified atom stereocenters. The molecule has 0 bridgehead atoms. The molecule has 110 valence electrons. The van der Waals surface area contributed by atoms with E-state index >= 15 is 0 Å². The van der Waals surface area contributed by atoms with Gasteiger partial charge in [0.2, 0.25) is 0 Å². The number of benzene rings is 1. The van der Waals surface area contributed by atoms with Crippen molar-refractivity contribution in [3.8, 4) is 0 Å². The molecule has 0 spiro atoms. The Kier molecular flexibility index (Phi) is 4.69. The number of halogens is 1. The Morgan fingerprint density at radius 1 is 1.43 bits per heavy atom. The Labute approximate surface area is 129 Å². The quantitative estimate of drug-likeness (QED) is 0.849. The van der Waals surface area contributed by atoms with Gasteiger partial charge in [-0.3, -0.25) is 4.79 Å². The highest BCUT2D eigenvalue weighted by Crippen LogP contribution is 2.18. The van der Waals surface area contributed by atoms with Crippen molar-refractivity contribution in [2.45, 2.75) is 13.5 Å². The number of aromatic carboxylic acids is 1. The van der Waals surface area contributed by atoms with Gasteiger partial charge in [-0.15, -0.1) is 5.10 Å². The van der Waals surface area contributed by atoms with Crippen molar-refractivity contribution in [2.75, 3.05) is 6.54 Å². The number of carbonyl (C=O) groups is 2. The van der Waals surface area contributed by atoms with Crippen LogP contribution in [0, 0.1) is 6.92 Å². The van der Waals surface area contributed by atoms with E-state index in [1.165, 1.54) is 10.9 Å². The van der Waals surface area contributed by atoms with Crippen molar-refractivity contribution in [3.63, 3.8) is 0 Å². The molecule has 21 heavy (non-hydrogen) atoms. The van der Waals surface area contributed by atoms with E-state index < -0.39 is 5.97 Å². The van der Waals surface area contributed by atoms with Crippen molar-refractivity contribution in [3.05, 3.63) is 45.7 Å². The van der Waals surface area contributed by atoms with Gasteiger partial charge in [0.05, 0.1) is 18.3 Å². The molecule has 1 aromatic heterocycles. The molecule has 2 N–H and O–H groups in total. The van der Waals surface area contributed by atoms with Crippen LogP contribution in [0.4, 0.5) is 0 Å². The first-order valence-electron chi connectivity index (χ1n) is 6.15. The number of hydrogen-bond acceptors (Lipinski definition) is 4. The Balaban J connectivity index is 1.90. The molecule has 0 aliphatic heterocycles. The predicted octanol–water partition coefficient (Wildman–Crippen LogP) is 1.48. The number of rotatable bonds is 5. The fourth-order valence-electron chi connectivity index (χ4n) is 1.69. The van der Waals surface area contributed by atoms with Crippen LogP contribution in [0.25, 0.3) is 0 Å². The van der Waals surface area contributed by atoms with Crippen molar-refractivity contribution >= 4 is 27.8 Å². The number of nitrogens with zero attached hydrogens (tertiary/aromatic N) is 3. The molecule has 0 aliphatic carbocycles. The van der Waals surface area contributed by atoms with Crippen LogP contribution in [0.3, 0.4) is 0 Å². The zero-order valence-electron chi connectivity index (χ0n) is 11.2. The zero-order chi connectivity index (χ0) is 15.4. The Morgan fingerprint density at radius 2 is 2.19 bits per heavy atom. The standard InChI is InChI=1S/C13H13BrN4O3/c1-8-2-3-9(10(14)6-8)12(19)15-4-5-18-7-11(13(20)21)16-17-18/h2-3,6-7H,4-5H2,1H3,(H,15,19)(H,20,21). The van der Waals surface area contributed by atoms with Crippen LogP contribution in [0.1, 0.15) is 26.4 Å². The Hall–Kier alpha value is -2.22. The van der Waals surface area contributed by atoms with Gasteiger partial charge in [0.1, 0.15) is 0 Å². The second-order valence-corrected chi connectivity index (χ2v) is 5.27. The molecule has 1 amide bonds. The first kappa shape index (κ1) is 15.2. The highest BCUT2D eigenvalue weighted by atomic mass is 79.9. The van der Waals surface area contributed by atoms with Crippen molar-refractivity contribution in [2.24, 2.45) is 0 Å². The second kappa shape index (κ2) is 6.49. The van der Waals surface area contributed by atoms with Gasteiger partial charge in [0.15, 0.2) is 5.69 Å². The fourth-order valence-corrected chi connectivity index (χ4v) is 2.36. The van der Waals surface area contributed by atoms with Crippen LogP contribution in [0.2, 0.25) is 0 Å². The van der Waals surface area contributed by atoms with Crippen molar-refractivity contribution in [1.82, 2.24) is 20.3 Å². The maximum absolute atomic E-state index is 12.0. The van der Waals surface area contributed by atoms with Gasteiger partial charge in [-0.05, 0) is 40.5 Å². The maximum atomic E-state index is 12.0. The number of carboxylic acid groups (broad SMARTS) is 1. The van der Waals surface area contributed by atoms with Crippen LogP contribution in [0.15, 0.2) is 28.9 Å². The van der Waals surface area contributed by atoms with Gasteiger partial charge in [-0.1, -0.05) is 11.3 Å². The minimum absolute atomic E-state index is 0.123. The minimum atomic E-state index is -1.13. The minimum Gasteiger partial charge on any atom is -0.476 e. The zero-order valence-corrected chi connectivity index (χ0v) is 12.8. The smallest absolute Gasteiger partial charge is 0.358 e. The summed E-state index contributed by atoms with van der Waals surface area (Å²) in [6.07, 6.45) is 1.32. The average molecular weight is 353 g/mol. The summed E-state index contributed by atoms with van der Waals surface area (Å²) in [5.74, 6) is -1.34. The number of nitrogens with one attached hydrogen (secondary N) is 1. The molecule has 0 fully saturated rings. The molecule has 0 radical (unpaired) electrons. The van der Waals surface area contributed by atoms with E-state index in [-0.39, 0.29) is 11.6 Å².